The van der Waals surface area contributed by atoms with Gasteiger partial charge in [0.05, 0.1) is 28.0 Å². The van der Waals surface area contributed by atoms with Crippen molar-refractivity contribution in [1.82, 2.24) is 9.97 Å². The zero-order chi connectivity index (χ0) is 11.6. The van der Waals surface area contributed by atoms with E-state index in [0.29, 0.717) is 17.9 Å². The highest BCUT2D eigenvalue weighted by atomic mass is 32.2. The van der Waals surface area contributed by atoms with E-state index in [1.54, 1.807) is 24.5 Å². The summed E-state index contributed by atoms with van der Waals surface area (Å²) in [4.78, 5) is 7.24. The summed E-state index contributed by atoms with van der Waals surface area (Å²) >= 11 is 0. The number of nitrogens with two attached hydrogens (primary N) is 1. The second-order valence-electron chi connectivity index (χ2n) is 3.54. The first-order chi connectivity index (χ1) is 7.63. The van der Waals surface area contributed by atoms with Crippen LogP contribution >= 0.6 is 0 Å². The fraction of sp³-hybridized carbons (Fsp3) is 0.300. The molecule has 0 amide bonds. The van der Waals surface area contributed by atoms with E-state index in [9.17, 15) is 8.42 Å². The first kappa shape index (κ1) is 11.1. The van der Waals surface area contributed by atoms with E-state index >= 15 is 0 Å². The Morgan fingerprint density at radius 2 is 2.19 bits per heavy atom. The number of nitrogens with zero attached hydrogens (tertiary/aromatic N) is 1. The average molecular weight is 239 g/mol. The number of nitrogens with one attached hydrogen (secondary N) is 1. The van der Waals surface area contributed by atoms with Crippen molar-refractivity contribution in [1.29, 1.82) is 0 Å². The van der Waals surface area contributed by atoms with Crippen molar-refractivity contribution in [3.8, 4) is 0 Å². The van der Waals surface area contributed by atoms with Gasteiger partial charge in [-0.15, -0.1) is 0 Å². The standard InChI is InChI=1S/C10H13N3O2S/c11-4-1-5-16(14,15)8-2-3-9-10(6-8)13-7-12-9/h2-3,6-7H,1,4-5,11H2,(H,12,13). The van der Waals surface area contributed by atoms with Crippen LogP contribution in [0.2, 0.25) is 0 Å². The van der Waals surface area contributed by atoms with Gasteiger partial charge in [-0.1, -0.05) is 0 Å². The van der Waals surface area contributed by atoms with E-state index in [1.165, 1.54) is 0 Å². The molecular formula is C10H13N3O2S. The van der Waals surface area contributed by atoms with E-state index in [2.05, 4.69) is 9.97 Å². The van der Waals surface area contributed by atoms with E-state index in [-0.39, 0.29) is 5.75 Å². The third-order valence-corrected chi connectivity index (χ3v) is 4.17. The van der Waals surface area contributed by atoms with Crippen LogP contribution in [0, 0.1) is 0 Å². The van der Waals surface area contributed by atoms with Crippen LogP contribution in [0.5, 0.6) is 0 Å². The number of sulfone groups is 1. The summed E-state index contributed by atoms with van der Waals surface area (Å²) in [6, 6.07) is 4.88. The summed E-state index contributed by atoms with van der Waals surface area (Å²) in [6.45, 7) is 0.380. The maximum Gasteiger partial charge on any atom is 0.178 e. The zero-order valence-corrected chi connectivity index (χ0v) is 9.50. The van der Waals surface area contributed by atoms with Crippen LogP contribution in [0.1, 0.15) is 6.42 Å². The van der Waals surface area contributed by atoms with Crippen molar-refractivity contribution in [3.63, 3.8) is 0 Å². The van der Waals surface area contributed by atoms with Crippen LogP contribution in [-0.4, -0.2) is 30.7 Å². The van der Waals surface area contributed by atoms with Crippen molar-refractivity contribution < 1.29 is 8.42 Å². The van der Waals surface area contributed by atoms with Crippen molar-refractivity contribution in [3.05, 3.63) is 24.5 Å². The summed E-state index contributed by atoms with van der Waals surface area (Å²) < 4.78 is 23.7. The Kier molecular flexibility index (Phi) is 2.93. The van der Waals surface area contributed by atoms with E-state index in [4.69, 9.17) is 5.73 Å². The molecule has 0 atom stereocenters. The molecule has 0 aliphatic carbocycles. The van der Waals surface area contributed by atoms with Gasteiger partial charge in [0.2, 0.25) is 0 Å². The number of hydrogen-bond donors (Lipinski definition) is 2. The SMILES string of the molecule is NCCCS(=O)(=O)c1ccc2nc[nH]c2c1. The van der Waals surface area contributed by atoms with Gasteiger partial charge in [0, 0.05) is 0 Å². The fourth-order valence-corrected chi connectivity index (χ4v) is 2.85. The predicted molar refractivity (Wildman–Crippen MR) is 61.8 cm³/mol. The number of imidazole rings is 1. The molecule has 5 nitrogen and oxygen atoms in total. The number of aromatic nitrogens is 2. The molecule has 0 saturated heterocycles. The number of rotatable bonds is 4. The quantitative estimate of drug-likeness (QED) is 0.821. The van der Waals surface area contributed by atoms with Gasteiger partial charge in [-0.25, -0.2) is 13.4 Å². The summed E-state index contributed by atoms with van der Waals surface area (Å²) in [6.07, 6.45) is 2.02. The van der Waals surface area contributed by atoms with Crippen LogP contribution < -0.4 is 5.73 Å². The normalized spacial score (nSPS) is 12.1. The Labute approximate surface area is 93.6 Å². The minimum atomic E-state index is -3.22. The molecule has 86 valence electrons. The minimum Gasteiger partial charge on any atom is -0.345 e. The zero-order valence-electron chi connectivity index (χ0n) is 8.68. The van der Waals surface area contributed by atoms with Crippen molar-refractivity contribution >= 4 is 20.9 Å². The topological polar surface area (TPSA) is 88.8 Å². The summed E-state index contributed by atoms with van der Waals surface area (Å²) in [5.74, 6) is 0.0865. The second-order valence-corrected chi connectivity index (χ2v) is 5.65. The van der Waals surface area contributed by atoms with Crippen LogP contribution in [0.3, 0.4) is 0 Å². The molecule has 0 radical (unpaired) electrons. The summed E-state index contributed by atoms with van der Waals surface area (Å²) in [5, 5.41) is 0. The molecule has 0 spiro atoms. The first-order valence-corrected chi connectivity index (χ1v) is 6.65. The highest BCUT2D eigenvalue weighted by Gasteiger charge is 2.14. The minimum absolute atomic E-state index is 0.0865. The van der Waals surface area contributed by atoms with Gasteiger partial charge in [-0.2, -0.15) is 0 Å². The molecular weight excluding hydrogens is 226 g/mol. The maximum absolute atomic E-state index is 11.9. The highest BCUT2D eigenvalue weighted by Crippen LogP contribution is 2.17. The second kappa shape index (κ2) is 4.23. The van der Waals surface area contributed by atoms with Gasteiger partial charge in [0.1, 0.15) is 0 Å². The molecule has 2 rings (SSSR count). The number of H-pyrrole nitrogens is 1. The lowest BCUT2D eigenvalue weighted by molar-refractivity contribution is 0.593. The Hall–Kier alpha value is -1.40. The molecule has 2 aromatic rings. The van der Waals surface area contributed by atoms with Crippen LogP contribution in [0.25, 0.3) is 11.0 Å². The van der Waals surface area contributed by atoms with Gasteiger partial charge in [-0.05, 0) is 31.2 Å². The molecule has 0 aliphatic rings. The lowest BCUT2D eigenvalue weighted by atomic mass is 10.3. The molecule has 0 fully saturated rings. The molecule has 0 saturated carbocycles. The molecule has 0 bridgehead atoms. The lowest BCUT2D eigenvalue weighted by Gasteiger charge is -2.03. The Morgan fingerprint density at radius 3 is 2.94 bits per heavy atom. The van der Waals surface area contributed by atoms with Crippen LogP contribution in [-0.2, 0) is 9.84 Å². The monoisotopic (exact) mass is 239 g/mol. The number of aromatic amines is 1. The largest absolute Gasteiger partial charge is 0.345 e. The van der Waals surface area contributed by atoms with Crippen molar-refractivity contribution in [2.24, 2.45) is 5.73 Å². The number of fused-ring (bicyclic) bond motifs is 1. The molecule has 1 aromatic carbocycles. The first-order valence-electron chi connectivity index (χ1n) is 4.99. The van der Waals surface area contributed by atoms with E-state index < -0.39 is 9.84 Å². The van der Waals surface area contributed by atoms with Crippen LogP contribution in [0.15, 0.2) is 29.4 Å². The van der Waals surface area contributed by atoms with E-state index in [1.807, 2.05) is 0 Å². The third-order valence-electron chi connectivity index (χ3n) is 2.37. The Balaban J connectivity index is 2.39. The molecule has 3 N–H and O–H groups in total. The average Bonchev–Trinajstić information content (AvgIpc) is 2.73. The third kappa shape index (κ3) is 2.07. The number of benzene rings is 1. The fourth-order valence-electron chi connectivity index (χ4n) is 1.50. The predicted octanol–water partition coefficient (Wildman–Crippen LogP) is 0.685. The van der Waals surface area contributed by atoms with Gasteiger partial charge < -0.3 is 10.7 Å². The van der Waals surface area contributed by atoms with Gasteiger partial charge >= 0.3 is 0 Å². The number of hydrogen-bond acceptors (Lipinski definition) is 4. The summed E-state index contributed by atoms with van der Waals surface area (Å²) in [7, 11) is -3.22. The smallest absolute Gasteiger partial charge is 0.178 e. The summed E-state index contributed by atoms with van der Waals surface area (Å²) in [5.41, 5.74) is 6.80. The maximum atomic E-state index is 11.9. The lowest BCUT2D eigenvalue weighted by Crippen LogP contribution is -2.11. The molecule has 6 heteroatoms. The van der Waals surface area contributed by atoms with Gasteiger partial charge in [-0.3, -0.25) is 0 Å². The van der Waals surface area contributed by atoms with Gasteiger partial charge in [0.15, 0.2) is 9.84 Å². The molecule has 1 aromatic heterocycles. The van der Waals surface area contributed by atoms with E-state index in [0.717, 1.165) is 11.0 Å². The van der Waals surface area contributed by atoms with Gasteiger partial charge in [0.25, 0.3) is 0 Å². The molecule has 0 aliphatic heterocycles. The molecule has 1 heterocycles. The molecule has 0 unspecified atom stereocenters. The Bertz CT molecular complexity index is 589. The molecule has 16 heavy (non-hydrogen) atoms. The Morgan fingerprint density at radius 1 is 1.38 bits per heavy atom. The van der Waals surface area contributed by atoms with Crippen LogP contribution in [0.4, 0.5) is 0 Å². The van der Waals surface area contributed by atoms with Crippen molar-refractivity contribution in [2.45, 2.75) is 11.3 Å². The highest BCUT2D eigenvalue weighted by molar-refractivity contribution is 7.91. The van der Waals surface area contributed by atoms with Crippen molar-refractivity contribution in [2.75, 3.05) is 12.3 Å².